The van der Waals surface area contributed by atoms with Gasteiger partial charge in [0.2, 0.25) is 5.78 Å². The standard InChI is InChI=1S/C24H30Cl2F2O3/c1-6-17(29)31-21-11(2)7-13-14-8-15(27)18-19(28)20(30)12(3)9-23(18,5)24(14,26)16(25)10-22(13,21)4/h9,11,13-16,21H,6-8,10H2,1-5H3/t11-,13-,14-,15+,16-,21+,22-,23-,24-/m0/s1. The Morgan fingerprint density at radius 1 is 1.29 bits per heavy atom. The lowest BCUT2D eigenvalue weighted by Crippen LogP contribution is -2.67. The number of fused-ring (bicyclic) bond motifs is 5. The molecule has 0 saturated heterocycles. The maximum atomic E-state index is 15.6. The van der Waals surface area contributed by atoms with Crippen molar-refractivity contribution < 1.29 is 23.1 Å². The molecule has 3 saturated carbocycles. The van der Waals surface area contributed by atoms with E-state index >= 15 is 8.78 Å². The van der Waals surface area contributed by atoms with E-state index < -0.39 is 38.9 Å². The Bertz CT molecular complexity index is 901. The zero-order chi connectivity index (χ0) is 23.1. The average Bonchev–Trinajstić information content (AvgIpc) is 2.92. The predicted octanol–water partition coefficient (Wildman–Crippen LogP) is 6.08. The van der Waals surface area contributed by atoms with E-state index in [0.717, 1.165) is 6.42 Å². The maximum Gasteiger partial charge on any atom is 0.305 e. The molecular formula is C24H30Cl2F2O3. The second-order valence-corrected chi connectivity index (χ2v) is 11.6. The van der Waals surface area contributed by atoms with Crippen LogP contribution in [0.3, 0.4) is 0 Å². The molecule has 9 atom stereocenters. The molecule has 3 nitrogen and oxygen atoms in total. The Balaban J connectivity index is 1.83. The van der Waals surface area contributed by atoms with Crippen molar-refractivity contribution in [3.63, 3.8) is 0 Å². The fourth-order valence-corrected chi connectivity index (χ4v) is 8.54. The first-order valence-corrected chi connectivity index (χ1v) is 11.9. The molecule has 0 N–H and O–H groups in total. The van der Waals surface area contributed by atoms with Crippen LogP contribution in [0.2, 0.25) is 0 Å². The smallest absolute Gasteiger partial charge is 0.305 e. The summed E-state index contributed by atoms with van der Waals surface area (Å²) >= 11 is 14.4. The number of hydrogen-bond acceptors (Lipinski definition) is 3. The minimum atomic E-state index is -1.62. The summed E-state index contributed by atoms with van der Waals surface area (Å²) < 4.78 is 36.5. The Hall–Kier alpha value is -0.940. The Morgan fingerprint density at radius 3 is 2.55 bits per heavy atom. The Morgan fingerprint density at radius 2 is 1.94 bits per heavy atom. The van der Waals surface area contributed by atoms with Gasteiger partial charge in [0, 0.05) is 22.8 Å². The number of hydrogen-bond donors (Lipinski definition) is 0. The first kappa shape index (κ1) is 23.2. The number of halogens is 4. The highest BCUT2D eigenvalue weighted by molar-refractivity contribution is 6.34. The molecule has 4 aliphatic rings. The van der Waals surface area contributed by atoms with Crippen LogP contribution < -0.4 is 0 Å². The lowest BCUT2D eigenvalue weighted by atomic mass is 9.47. The molecule has 0 unspecified atom stereocenters. The van der Waals surface area contributed by atoms with Crippen molar-refractivity contribution >= 4 is 35.0 Å². The van der Waals surface area contributed by atoms with Gasteiger partial charge in [-0.2, -0.15) is 0 Å². The molecule has 0 heterocycles. The third-order valence-corrected chi connectivity index (χ3v) is 10.3. The van der Waals surface area contributed by atoms with Crippen molar-refractivity contribution in [3.8, 4) is 0 Å². The summed E-state index contributed by atoms with van der Waals surface area (Å²) in [4.78, 5) is 23.2. The number of ether oxygens (including phenoxy) is 1. The highest BCUT2D eigenvalue weighted by Gasteiger charge is 2.72. The molecule has 4 aliphatic carbocycles. The van der Waals surface area contributed by atoms with E-state index in [1.807, 2.05) is 6.92 Å². The molecule has 0 aliphatic heterocycles. The molecule has 0 bridgehead atoms. The van der Waals surface area contributed by atoms with Crippen molar-refractivity contribution in [1.82, 2.24) is 0 Å². The van der Waals surface area contributed by atoms with Crippen LogP contribution in [0, 0.1) is 28.6 Å². The third-order valence-electron chi connectivity index (χ3n) is 8.72. The Labute approximate surface area is 192 Å². The molecule has 0 aromatic rings. The van der Waals surface area contributed by atoms with Crippen LogP contribution in [0.15, 0.2) is 23.0 Å². The summed E-state index contributed by atoms with van der Waals surface area (Å²) in [6.45, 7) is 9.12. The van der Waals surface area contributed by atoms with Crippen molar-refractivity contribution in [1.29, 1.82) is 0 Å². The van der Waals surface area contributed by atoms with Crippen LogP contribution in [0.4, 0.5) is 8.78 Å². The molecular weight excluding hydrogens is 445 g/mol. The SMILES string of the molecule is CCC(=O)O[C@@H]1[C@@H](C)C[C@H]2[C@@H]3C[C@@H](F)C4=C(F)C(=O)C(C)=C[C@]4(C)[C@@]3(Cl)[C@@H](Cl)C[C@]12C. The summed E-state index contributed by atoms with van der Waals surface area (Å²) in [6, 6.07) is 0. The highest BCUT2D eigenvalue weighted by Crippen LogP contribution is 2.71. The quantitative estimate of drug-likeness (QED) is 0.359. The molecule has 0 aromatic carbocycles. The van der Waals surface area contributed by atoms with Crippen LogP contribution in [0.5, 0.6) is 0 Å². The van der Waals surface area contributed by atoms with Crippen molar-refractivity contribution in [2.45, 2.75) is 82.8 Å². The molecule has 0 radical (unpaired) electrons. The number of carbonyl (C=O) groups excluding carboxylic acids is 2. The van der Waals surface area contributed by atoms with Crippen LogP contribution in [0.25, 0.3) is 0 Å². The fourth-order valence-electron chi connectivity index (χ4n) is 7.35. The fraction of sp³-hybridized carbons (Fsp3) is 0.750. The van der Waals surface area contributed by atoms with E-state index in [-0.39, 0.29) is 53.8 Å². The molecule has 0 amide bonds. The molecule has 4 rings (SSSR count). The van der Waals surface area contributed by atoms with Gasteiger partial charge in [-0.15, -0.1) is 23.2 Å². The van der Waals surface area contributed by atoms with E-state index in [0.29, 0.717) is 6.42 Å². The lowest BCUT2D eigenvalue weighted by Gasteiger charge is -2.63. The summed E-state index contributed by atoms with van der Waals surface area (Å²) in [5.74, 6) is -2.36. The number of rotatable bonds is 2. The number of ketones is 1. The molecule has 0 aromatic heterocycles. The second kappa shape index (κ2) is 7.28. The summed E-state index contributed by atoms with van der Waals surface area (Å²) in [5.41, 5.74) is -1.60. The van der Waals surface area contributed by atoms with Crippen LogP contribution in [-0.2, 0) is 14.3 Å². The van der Waals surface area contributed by atoms with Crippen molar-refractivity contribution in [3.05, 3.63) is 23.0 Å². The Kier molecular flexibility index (Phi) is 5.45. The number of allylic oxidation sites excluding steroid dienone is 4. The molecule has 31 heavy (non-hydrogen) atoms. The van der Waals surface area contributed by atoms with Gasteiger partial charge in [0.1, 0.15) is 12.3 Å². The first-order valence-electron chi connectivity index (χ1n) is 11.1. The zero-order valence-corrected chi connectivity index (χ0v) is 20.1. The summed E-state index contributed by atoms with van der Waals surface area (Å²) in [5, 5.41) is -0.619. The minimum Gasteiger partial charge on any atom is -0.461 e. The van der Waals surface area contributed by atoms with Gasteiger partial charge in [0.05, 0.1) is 10.3 Å². The van der Waals surface area contributed by atoms with Gasteiger partial charge in [-0.05, 0) is 49.5 Å². The van der Waals surface area contributed by atoms with Gasteiger partial charge < -0.3 is 4.74 Å². The first-order chi connectivity index (χ1) is 14.3. The van der Waals surface area contributed by atoms with E-state index in [2.05, 4.69) is 6.92 Å². The van der Waals surface area contributed by atoms with Crippen LogP contribution >= 0.6 is 23.2 Å². The van der Waals surface area contributed by atoms with Gasteiger partial charge in [-0.1, -0.05) is 33.8 Å². The summed E-state index contributed by atoms with van der Waals surface area (Å²) in [7, 11) is 0. The van der Waals surface area contributed by atoms with Gasteiger partial charge in [-0.25, -0.2) is 8.78 Å². The molecule has 7 heteroatoms. The van der Waals surface area contributed by atoms with Crippen LogP contribution in [-0.4, -0.2) is 34.3 Å². The second-order valence-electron chi connectivity index (χ2n) is 10.4. The van der Waals surface area contributed by atoms with Gasteiger partial charge in [0.15, 0.2) is 5.83 Å². The van der Waals surface area contributed by atoms with E-state index in [9.17, 15) is 9.59 Å². The third kappa shape index (κ3) is 2.87. The van der Waals surface area contributed by atoms with E-state index in [1.165, 1.54) is 6.92 Å². The number of carbonyl (C=O) groups is 2. The topological polar surface area (TPSA) is 43.4 Å². The zero-order valence-electron chi connectivity index (χ0n) is 18.6. The molecule has 3 fully saturated rings. The number of Topliss-reactive ketones (excluding diaryl/α,β-unsaturated/α-hetero) is 1. The van der Waals surface area contributed by atoms with Gasteiger partial charge >= 0.3 is 5.97 Å². The van der Waals surface area contributed by atoms with E-state index in [1.54, 1.807) is 19.9 Å². The van der Waals surface area contributed by atoms with Gasteiger partial charge in [0.25, 0.3) is 0 Å². The highest BCUT2D eigenvalue weighted by atomic mass is 35.5. The van der Waals surface area contributed by atoms with Crippen molar-refractivity contribution in [2.24, 2.45) is 28.6 Å². The maximum absolute atomic E-state index is 15.6. The monoisotopic (exact) mass is 474 g/mol. The largest absolute Gasteiger partial charge is 0.461 e. The van der Waals surface area contributed by atoms with E-state index in [4.69, 9.17) is 27.9 Å². The van der Waals surface area contributed by atoms with Crippen molar-refractivity contribution in [2.75, 3.05) is 0 Å². The van der Waals surface area contributed by atoms with Crippen LogP contribution in [0.1, 0.15) is 60.3 Å². The average molecular weight is 475 g/mol. The minimum absolute atomic E-state index is 0.00660. The number of alkyl halides is 3. The molecule has 172 valence electrons. The number of esters is 1. The summed E-state index contributed by atoms with van der Waals surface area (Å²) in [6.07, 6.45) is 1.18. The lowest BCUT2D eigenvalue weighted by molar-refractivity contribution is -0.161. The normalized spacial score (nSPS) is 49.2. The van der Waals surface area contributed by atoms with Gasteiger partial charge in [-0.3, -0.25) is 9.59 Å². The molecule has 0 spiro atoms. The predicted molar refractivity (Wildman–Crippen MR) is 116 cm³/mol.